The average molecular weight is 575 g/mol. The molecule has 0 unspecified atom stereocenters. The van der Waals surface area contributed by atoms with E-state index >= 15 is 0 Å². The first-order valence-corrected chi connectivity index (χ1v) is 15.4. The maximum absolute atomic E-state index is 5.16. The normalized spacial score (nSPS) is 12.4. The molecule has 4 heteroatoms. The van der Waals surface area contributed by atoms with Gasteiger partial charge in [0, 0.05) is 51.0 Å². The molecule has 0 N–H and O–H groups in total. The second-order valence-electron chi connectivity index (χ2n) is 11.9. The molecule has 1 aliphatic carbocycles. The van der Waals surface area contributed by atoms with E-state index in [9.17, 15) is 0 Å². The molecule has 3 heterocycles. The van der Waals surface area contributed by atoms with Crippen LogP contribution >= 0.6 is 0 Å². The van der Waals surface area contributed by atoms with E-state index < -0.39 is 0 Å². The van der Waals surface area contributed by atoms with Gasteiger partial charge in [-0.05, 0) is 59.2 Å². The van der Waals surface area contributed by atoms with E-state index in [0.717, 1.165) is 28.8 Å². The first-order chi connectivity index (χ1) is 22.3. The molecule has 1 aliphatic rings. The molecule has 0 saturated carbocycles. The summed E-state index contributed by atoms with van der Waals surface area (Å²) in [4.78, 5) is 10.1. The standard InChI is InChI=1S/C41H26N4/c1-2-11-30(12-3-1)44-36-16-8-6-14-32(36)34-20-18-27(24-39(34)44)26-19-21-38-35(23-26)33-15-7-9-17-37(33)45(38)41-42-25-29-22-28-10-4-5-13-31(28)40(29)43-41/h1-21,23-25H,22H2. The molecule has 0 atom stereocenters. The number of hydrogen-bond acceptors (Lipinski definition) is 2. The van der Waals surface area contributed by atoms with E-state index in [-0.39, 0.29) is 0 Å². The molecule has 0 aliphatic heterocycles. The molecule has 0 amide bonds. The monoisotopic (exact) mass is 574 g/mol. The molecule has 6 aromatic carbocycles. The minimum atomic E-state index is 0.707. The Morgan fingerprint density at radius 3 is 1.98 bits per heavy atom. The van der Waals surface area contributed by atoms with Crippen LogP contribution in [0.5, 0.6) is 0 Å². The van der Waals surface area contributed by atoms with Gasteiger partial charge in [0.2, 0.25) is 5.95 Å². The van der Waals surface area contributed by atoms with Crippen LogP contribution in [0.25, 0.3) is 77.6 Å². The summed E-state index contributed by atoms with van der Waals surface area (Å²) < 4.78 is 4.59. The zero-order valence-corrected chi connectivity index (χ0v) is 24.4. The van der Waals surface area contributed by atoms with Crippen molar-refractivity contribution in [2.45, 2.75) is 6.42 Å². The lowest BCUT2D eigenvalue weighted by Gasteiger charge is -2.10. The Morgan fingerprint density at radius 2 is 1.11 bits per heavy atom. The van der Waals surface area contributed by atoms with Gasteiger partial charge in [0.1, 0.15) is 0 Å². The molecule has 0 radical (unpaired) electrons. The highest BCUT2D eigenvalue weighted by Crippen LogP contribution is 2.39. The van der Waals surface area contributed by atoms with Gasteiger partial charge in [-0.15, -0.1) is 0 Å². The highest BCUT2D eigenvalue weighted by Gasteiger charge is 2.22. The fraction of sp³-hybridized carbons (Fsp3) is 0.0244. The van der Waals surface area contributed by atoms with Crippen molar-refractivity contribution in [1.82, 2.24) is 19.1 Å². The summed E-state index contributed by atoms with van der Waals surface area (Å²) in [5.74, 6) is 0.707. The molecular weight excluding hydrogens is 548 g/mol. The number of fused-ring (bicyclic) bond motifs is 9. The highest BCUT2D eigenvalue weighted by molar-refractivity contribution is 6.12. The van der Waals surface area contributed by atoms with Crippen LogP contribution in [-0.2, 0) is 6.42 Å². The van der Waals surface area contributed by atoms with Gasteiger partial charge in [-0.25, -0.2) is 9.97 Å². The number of para-hydroxylation sites is 3. The van der Waals surface area contributed by atoms with E-state index in [0.29, 0.717) is 5.95 Å². The quantitative estimate of drug-likeness (QED) is 0.211. The van der Waals surface area contributed by atoms with Crippen LogP contribution < -0.4 is 0 Å². The van der Waals surface area contributed by atoms with Crippen LogP contribution in [-0.4, -0.2) is 19.1 Å². The zero-order valence-electron chi connectivity index (χ0n) is 24.4. The molecule has 0 fully saturated rings. The third-order valence-electron chi connectivity index (χ3n) is 9.40. The van der Waals surface area contributed by atoms with Gasteiger partial charge < -0.3 is 4.57 Å². The molecule has 0 saturated heterocycles. The average Bonchev–Trinajstić information content (AvgIpc) is 3.75. The van der Waals surface area contributed by atoms with Crippen molar-refractivity contribution in [1.29, 1.82) is 0 Å². The first-order valence-electron chi connectivity index (χ1n) is 15.4. The summed E-state index contributed by atoms with van der Waals surface area (Å²) >= 11 is 0. The van der Waals surface area contributed by atoms with Crippen molar-refractivity contribution in [3.8, 4) is 34.0 Å². The van der Waals surface area contributed by atoms with Crippen LogP contribution in [0.4, 0.5) is 0 Å². The van der Waals surface area contributed by atoms with Crippen LogP contribution in [0, 0.1) is 0 Å². The van der Waals surface area contributed by atoms with Crippen molar-refractivity contribution in [2.75, 3.05) is 0 Å². The highest BCUT2D eigenvalue weighted by atomic mass is 15.2. The van der Waals surface area contributed by atoms with Gasteiger partial charge in [0.15, 0.2) is 0 Å². The Hall–Kier alpha value is -6.00. The minimum absolute atomic E-state index is 0.707. The molecule has 0 bridgehead atoms. The Kier molecular flexibility index (Phi) is 5.02. The molecule has 10 rings (SSSR count). The fourth-order valence-corrected chi connectivity index (χ4v) is 7.35. The van der Waals surface area contributed by atoms with Crippen LogP contribution in [0.3, 0.4) is 0 Å². The summed E-state index contributed by atoms with van der Waals surface area (Å²) in [5, 5.41) is 4.90. The topological polar surface area (TPSA) is 35.6 Å². The smallest absolute Gasteiger partial charge is 0.235 e. The van der Waals surface area contributed by atoms with E-state index in [1.165, 1.54) is 60.4 Å². The van der Waals surface area contributed by atoms with Crippen molar-refractivity contribution in [3.05, 3.63) is 157 Å². The predicted molar refractivity (Wildman–Crippen MR) is 184 cm³/mol. The summed E-state index contributed by atoms with van der Waals surface area (Å²) in [5.41, 5.74) is 12.9. The molecule has 4 nitrogen and oxygen atoms in total. The maximum Gasteiger partial charge on any atom is 0.235 e. The van der Waals surface area contributed by atoms with Crippen molar-refractivity contribution in [3.63, 3.8) is 0 Å². The Morgan fingerprint density at radius 1 is 0.467 bits per heavy atom. The largest absolute Gasteiger partial charge is 0.309 e. The first kappa shape index (κ1) is 24.4. The van der Waals surface area contributed by atoms with Crippen LogP contribution in [0.15, 0.2) is 146 Å². The molecule has 210 valence electrons. The third kappa shape index (κ3) is 3.54. The summed E-state index contributed by atoms with van der Waals surface area (Å²) in [7, 11) is 0. The van der Waals surface area contributed by atoms with Gasteiger partial charge >= 0.3 is 0 Å². The summed E-state index contributed by atoms with van der Waals surface area (Å²) in [6, 6.07) is 50.1. The zero-order chi connectivity index (χ0) is 29.5. The van der Waals surface area contributed by atoms with Crippen LogP contribution in [0.2, 0.25) is 0 Å². The number of hydrogen-bond donors (Lipinski definition) is 0. The Balaban J connectivity index is 1.17. The van der Waals surface area contributed by atoms with Crippen LogP contribution in [0.1, 0.15) is 11.1 Å². The lowest BCUT2D eigenvalue weighted by atomic mass is 10.0. The van der Waals surface area contributed by atoms with Gasteiger partial charge in [-0.2, -0.15) is 0 Å². The van der Waals surface area contributed by atoms with Gasteiger partial charge in [0.25, 0.3) is 0 Å². The Bertz CT molecular complexity index is 2620. The van der Waals surface area contributed by atoms with Crippen molar-refractivity contribution < 1.29 is 0 Å². The van der Waals surface area contributed by atoms with E-state index in [1.54, 1.807) is 0 Å². The lowest BCUT2D eigenvalue weighted by molar-refractivity contribution is 0.980. The minimum Gasteiger partial charge on any atom is -0.309 e. The van der Waals surface area contributed by atoms with Gasteiger partial charge in [-0.3, -0.25) is 4.57 Å². The number of aromatic nitrogens is 4. The van der Waals surface area contributed by atoms with Gasteiger partial charge in [0.05, 0.1) is 27.8 Å². The summed E-state index contributed by atoms with van der Waals surface area (Å²) in [6.07, 6.45) is 2.89. The second kappa shape index (κ2) is 9.25. The number of rotatable bonds is 3. The molecular formula is C41H26N4. The maximum atomic E-state index is 5.16. The Labute approximate surface area is 259 Å². The van der Waals surface area contributed by atoms with Crippen molar-refractivity contribution in [2.24, 2.45) is 0 Å². The van der Waals surface area contributed by atoms with Crippen molar-refractivity contribution >= 4 is 43.6 Å². The number of nitrogens with zero attached hydrogens (tertiary/aromatic N) is 4. The van der Waals surface area contributed by atoms with Gasteiger partial charge in [-0.1, -0.05) is 97.1 Å². The fourth-order valence-electron chi connectivity index (χ4n) is 7.35. The number of benzene rings is 6. The molecule has 45 heavy (non-hydrogen) atoms. The molecule has 0 spiro atoms. The van der Waals surface area contributed by atoms with E-state index in [2.05, 4.69) is 149 Å². The SMILES string of the molecule is c1ccc(-n2c3ccccc3c3ccc(-c4ccc5c(c4)c4ccccc4n5-c4ncc5c(n4)-c4ccccc4C5)cc32)cc1. The summed E-state index contributed by atoms with van der Waals surface area (Å²) in [6.45, 7) is 0. The van der Waals surface area contributed by atoms with E-state index in [4.69, 9.17) is 9.97 Å². The lowest BCUT2D eigenvalue weighted by Crippen LogP contribution is -2.02. The van der Waals surface area contributed by atoms with E-state index in [1.807, 2.05) is 6.20 Å². The molecule has 3 aromatic heterocycles. The predicted octanol–water partition coefficient (Wildman–Crippen LogP) is 9.91. The second-order valence-corrected chi connectivity index (χ2v) is 11.9. The third-order valence-corrected chi connectivity index (χ3v) is 9.40. The molecule has 9 aromatic rings.